The van der Waals surface area contributed by atoms with Crippen molar-refractivity contribution in [3.8, 4) is 0 Å². The van der Waals surface area contributed by atoms with Gasteiger partial charge in [0.2, 0.25) is 0 Å². The highest BCUT2D eigenvalue weighted by Crippen LogP contribution is 2.43. The molecule has 4 heteroatoms. The monoisotopic (exact) mass is 330 g/mol. The van der Waals surface area contributed by atoms with Crippen molar-refractivity contribution in [1.29, 1.82) is 0 Å². The molecule has 3 N–H and O–H groups in total. The Hall–Kier alpha value is -1.55. The SMILES string of the molecule is O=C(NNc1ccccc1)C(O)(C1CCCCC1)C1CCCCC1. The van der Waals surface area contributed by atoms with Crippen LogP contribution in [-0.2, 0) is 4.79 Å². The zero-order valence-electron chi connectivity index (χ0n) is 14.5. The van der Waals surface area contributed by atoms with Gasteiger partial charge >= 0.3 is 0 Å². The van der Waals surface area contributed by atoms with Crippen molar-refractivity contribution in [1.82, 2.24) is 5.43 Å². The summed E-state index contributed by atoms with van der Waals surface area (Å²) in [6.07, 6.45) is 10.8. The van der Waals surface area contributed by atoms with Gasteiger partial charge in [0.15, 0.2) is 0 Å². The van der Waals surface area contributed by atoms with E-state index in [1.54, 1.807) is 0 Å². The zero-order valence-corrected chi connectivity index (χ0v) is 14.5. The molecular formula is C20H30N2O2. The molecule has 2 aliphatic carbocycles. The number of carbonyl (C=O) groups is 1. The molecule has 2 fully saturated rings. The highest BCUT2D eigenvalue weighted by molar-refractivity contribution is 5.86. The number of anilines is 1. The maximum atomic E-state index is 13.0. The van der Waals surface area contributed by atoms with E-state index in [0.717, 1.165) is 57.1 Å². The molecule has 0 bridgehead atoms. The Labute approximate surface area is 145 Å². The van der Waals surface area contributed by atoms with E-state index in [4.69, 9.17) is 0 Å². The van der Waals surface area contributed by atoms with E-state index in [1.807, 2.05) is 30.3 Å². The largest absolute Gasteiger partial charge is 0.379 e. The third-order valence-corrected chi connectivity index (χ3v) is 5.91. The number of amides is 1. The van der Waals surface area contributed by atoms with Crippen LogP contribution in [0, 0.1) is 11.8 Å². The fourth-order valence-corrected chi connectivity index (χ4v) is 4.54. The third-order valence-electron chi connectivity index (χ3n) is 5.91. The topological polar surface area (TPSA) is 61.4 Å². The minimum absolute atomic E-state index is 0.0897. The summed E-state index contributed by atoms with van der Waals surface area (Å²) in [6.45, 7) is 0. The van der Waals surface area contributed by atoms with Crippen LogP contribution in [0.5, 0.6) is 0 Å². The third kappa shape index (κ3) is 3.75. The molecule has 1 aromatic carbocycles. The number of rotatable bonds is 5. The molecular weight excluding hydrogens is 300 g/mol. The van der Waals surface area contributed by atoms with Crippen LogP contribution in [0.1, 0.15) is 64.2 Å². The maximum Gasteiger partial charge on any atom is 0.270 e. The minimum Gasteiger partial charge on any atom is -0.379 e. The number of carbonyl (C=O) groups excluding carboxylic acids is 1. The first-order valence-electron chi connectivity index (χ1n) is 9.55. The standard InChI is InChI=1S/C20H30N2O2/c23-19(22-21-18-14-8-3-9-15-18)20(24,16-10-4-1-5-11-16)17-12-6-2-7-13-17/h3,8-9,14-17,21,24H,1-2,4-7,10-13H2,(H,22,23). The summed E-state index contributed by atoms with van der Waals surface area (Å²) >= 11 is 0. The van der Waals surface area contributed by atoms with Gasteiger partial charge in [-0.1, -0.05) is 56.7 Å². The van der Waals surface area contributed by atoms with Crippen molar-refractivity contribution in [2.75, 3.05) is 5.43 Å². The average Bonchev–Trinajstić information content (AvgIpc) is 2.67. The predicted octanol–water partition coefficient (Wildman–Crippen LogP) is 4.02. The van der Waals surface area contributed by atoms with Crippen molar-refractivity contribution in [2.24, 2.45) is 11.8 Å². The van der Waals surface area contributed by atoms with E-state index in [9.17, 15) is 9.90 Å². The van der Waals surface area contributed by atoms with Crippen molar-refractivity contribution < 1.29 is 9.90 Å². The summed E-state index contributed by atoms with van der Waals surface area (Å²) < 4.78 is 0. The smallest absolute Gasteiger partial charge is 0.270 e. The molecule has 0 radical (unpaired) electrons. The van der Waals surface area contributed by atoms with Gasteiger partial charge in [-0.2, -0.15) is 0 Å². The van der Waals surface area contributed by atoms with Crippen molar-refractivity contribution >= 4 is 11.6 Å². The Balaban J connectivity index is 1.73. The average molecular weight is 330 g/mol. The number of para-hydroxylation sites is 1. The van der Waals surface area contributed by atoms with Gasteiger partial charge in [0.05, 0.1) is 5.69 Å². The number of hydrazine groups is 1. The van der Waals surface area contributed by atoms with Crippen LogP contribution in [0.2, 0.25) is 0 Å². The first-order chi connectivity index (χ1) is 11.7. The minimum atomic E-state index is -1.23. The number of aliphatic hydroxyl groups is 1. The van der Waals surface area contributed by atoms with Crippen LogP contribution in [0.3, 0.4) is 0 Å². The van der Waals surface area contributed by atoms with Gasteiger partial charge in [0, 0.05) is 0 Å². The fourth-order valence-electron chi connectivity index (χ4n) is 4.54. The molecule has 0 aliphatic heterocycles. The molecule has 0 unspecified atom stereocenters. The molecule has 24 heavy (non-hydrogen) atoms. The lowest BCUT2D eigenvalue weighted by molar-refractivity contribution is -0.158. The molecule has 1 aromatic rings. The molecule has 0 aromatic heterocycles. The molecule has 4 nitrogen and oxygen atoms in total. The maximum absolute atomic E-state index is 13.0. The Morgan fingerprint density at radius 1 is 0.875 bits per heavy atom. The second kappa shape index (κ2) is 8.02. The first-order valence-corrected chi connectivity index (χ1v) is 9.55. The van der Waals surface area contributed by atoms with Gasteiger partial charge in [-0.3, -0.25) is 15.6 Å². The van der Waals surface area contributed by atoms with Gasteiger partial charge in [0.25, 0.3) is 5.91 Å². The highest BCUT2D eigenvalue weighted by atomic mass is 16.3. The lowest BCUT2D eigenvalue weighted by Gasteiger charge is -2.44. The number of benzene rings is 1. The van der Waals surface area contributed by atoms with Gasteiger partial charge in [-0.15, -0.1) is 0 Å². The summed E-state index contributed by atoms with van der Waals surface area (Å²) in [5.41, 5.74) is 5.36. The molecule has 0 heterocycles. The first kappa shape index (κ1) is 17.3. The molecule has 1 amide bonds. The number of nitrogens with one attached hydrogen (secondary N) is 2. The van der Waals surface area contributed by atoms with Crippen molar-refractivity contribution in [3.05, 3.63) is 30.3 Å². The number of hydrogen-bond donors (Lipinski definition) is 3. The van der Waals surface area contributed by atoms with Crippen molar-refractivity contribution in [3.63, 3.8) is 0 Å². The van der Waals surface area contributed by atoms with Gasteiger partial charge < -0.3 is 5.11 Å². The molecule has 0 spiro atoms. The van der Waals surface area contributed by atoms with E-state index in [-0.39, 0.29) is 17.7 Å². The Kier molecular flexibility index (Phi) is 5.77. The van der Waals surface area contributed by atoms with E-state index in [1.165, 1.54) is 12.8 Å². The van der Waals surface area contributed by atoms with Crippen LogP contribution < -0.4 is 10.9 Å². The van der Waals surface area contributed by atoms with Crippen LogP contribution >= 0.6 is 0 Å². The lowest BCUT2D eigenvalue weighted by atomic mass is 9.66. The molecule has 2 aliphatic rings. The van der Waals surface area contributed by atoms with Gasteiger partial charge in [-0.25, -0.2) is 0 Å². The summed E-state index contributed by atoms with van der Waals surface area (Å²) in [6, 6.07) is 9.58. The normalized spacial score (nSPS) is 20.5. The van der Waals surface area contributed by atoms with Crippen LogP contribution in [0.25, 0.3) is 0 Å². The fraction of sp³-hybridized carbons (Fsp3) is 0.650. The van der Waals surface area contributed by atoms with Crippen molar-refractivity contribution in [2.45, 2.75) is 69.8 Å². The van der Waals surface area contributed by atoms with Crippen LogP contribution in [0.15, 0.2) is 30.3 Å². The van der Waals surface area contributed by atoms with Crippen LogP contribution in [0.4, 0.5) is 5.69 Å². The molecule has 0 saturated heterocycles. The second-order valence-electron chi connectivity index (χ2n) is 7.44. The zero-order chi connectivity index (χ0) is 16.8. The molecule has 3 rings (SSSR count). The summed E-state index contributed by atoms with van der Waals surface area (Å²) in [7, 11) is 0. The van der Waals surface area contributed by atoms with Gasteiger partial charge in [-0.05, 0) is 49.7 Å². The predicted molar refractivity (Wildman–Crippen MR) is 96.3 cm³/mol. The Morgan fingerprint density at radius 3 is 1.88 bits per heavy atom. The molecule has 132 valence electrons. The lowest BCUT2D eigenvalue weighted by Crippen LogP contribution is -2.58. The Bertz CT molecular complexity index is 502. The molecule has 2 saturated carbocycles. The van der Waals surface area contributed by atoms with Crippen LogP contribution in [-0.4, -0.2) is 16.6 Å². The summed E-state index contributed by atoms with van der Waals surface area (Å²) in [5.74, 6) is -0.0657. The quantitative estimate of drug-likeness (QED) is 0.715. The molecule has 0 atom stereocenters. The number of hydrogen-bond acceptors (Lipinski definition) is 3. The van der Waals surface area contributed by atoms with E-state index in [2.05, 4.69) is 10.9 Å². The summed E-state index contributed by atoms with van der Waals surface area (Å²) in [5, 5.41) is 11.6. The second-order valence-corrected chi connectivity index (χ2v) is 7.44. The highest BCUT2D eigenvalue weighted by Gasteiger charge is 2.50. The van der Waals surface area contributed by atoms with E-state index in [0.29, 0.717) is 0 Å². The van der Waals surface area contributed by atoms with E-state index >= 15 is 0 Å². The van der Waals surface area contributed by atoms with Gasteiger partial charge in [0.1, 0.15) is 5.60 Å². The van der Waals surface area contributed by atoms with E-state index < -0.39 is 5.60 Å². The summed E-state index contributed by atoms with van der Waals surface area (Å²) in [4.78, 5) is 13.0. The Morgan fingerprint density at radius 2 is 1.38 bits per heavy atom.